The van der Waals surface area contributed by atoms with Crippen molar-refractivity contribution in [2.75, 3.05) is 19.8 Å². The van der Waals surface area contributed by atoms with Crippen molar-refractivity contribution in [1.82, 2.24) is 14.7 Å². The molecule has 0 bridgehead atoms. The average Bonchev–Trinajstić information content (AvgIpc) is 3.36. The van der Waals surface area contributed by atoms with E-state index in [1.165, 1.54) is 18.6 Å². The van der Waals surface area contributed by atoms with Crippen molar-refractivity contribution < 1.29 is 13.9 Å². The van der Waals surface area contributed by atoms with Crippen LogP contribution in [0.1, 0.15) is 49.6 Å². The summed E-state index contributed by atoms with van der Waals surface area (Å²) in [6, 6.07) is 8.85. The summed E-state index contributed by atoms with van der Waals surface area (Å²) < 4.78 is 27.1. The number of benzene rings is 1. The summed E-state index contributed by atoms with van der Waals surface area (Å²) in [5.74, 6) is -0.197. The minimum absolute atomic E-state index is 0.0409. The zero-order valence-corrected chi connectivity index (χ0v) is 15.7. The van der Waals surface area contributed by atoms with E-state index in [9.17, 15) is 4.39 Å². The summed E-state index contributed by atoms with van der Waals surface area (Å²) in [5, 5.41) is 4.53. The van der Waals surface area contributed by atoms with Crippen molar-refractivity contribution in [3.63, 3.8) is 0 Å². The summed E-state index contributed by atoms with van der Waals surface area (Å²) in [5.41, 5.74) is 2.26. The molecule has 0 amide bonds. The summed E-state index contributed by atoms with van der Waals surface area (Å²) in [6.45, 7) is 4.06. The molecule has 0 spiro atoms. The molecule has 6 heteroatoms. The fourth-order valence-corrected chi connectivity index (χ4v) is 3.98. The Morgan fingerprint density at radius 3 is 2.59 bits per heavy atom. The maximum Gasteiger partial charge on any atom is 0.150 e. The molecule has 146 valence electrons. The largest absolute Gasteiger partial charge is 0.377 e. The lowest BCUT2D eigenvalue weighted by atomic mass is 10.1. The minimum Gasteiger partial charge on any atom is -0.377 e. The van der Waals surface area contributed by atoms with Crippen molar-refractivity contribution >= 4 is 0 Å². The smallest absolute Gasteiger partial charge is 0.150 e. The monoisotopic (exact) mass is 373 g/mol. The van der Waals surface area contributed by atoms with E-state index in [0.717, 1.165) is 69.8 Å². The summed E-state index contributed by atoms with van der Waals surface area (Å²) >= 11 is 0. The van der Waals surface area contributed by atoms with Gasteiger partial charge in [0, 0.05) is 39.0 Å². The SMILES string of the molecule is Fc1ccc(CN(Cc2ccnn2C2CCCCO2)CC2CCCO2)cc1. The Labute approximate surface area is 160 Å². The van der Waals surface area contributed by atoms with Crippen LogP contribution in [0.15, 0.2) is 36.5 Å². The summed E-state index contributed by atoms with van der Waals surface area (Å²) in [4.78, 5) is 2.37. The minimum atomic E-state index is -0.197. The number of halogens is 1. The quantitative estimate of drug-likeness (QED) is 0.738. The van der Waals surface area contributed by atoms with E-state index in [1.54, 1.807) is 0 Å². The first-order chi connectivity index (χ1) is 13.3. The van der Waals surface area contributed by atoms with Crippen LogP contribution in [0.3, 0.4) is 0 Å². The third-order valence-electron chi connectivity index (χ3n) is 5.37. The van der Waals surface area contributed by atoms with Crippen LogP contribution in [-0.2, 0) is 22.6 Å². The number of rotatable bonds is 7. The Kier molecular flexibility index (Phi) is 6.17. The second kappa shape index (κ2) is 8.95. The van der Waals surface area contributed by atoms with Gasteiger partial charge in [-0.3, -0.25) is 4.90 Å². The zero-order chi connectivity index (χ0) is 18.5. The molecule has 5 nitrogen and oxygen atoms in total. The van der Waals surface area contributed by atoms with Crippen molar-refractivity contribution in [2.24, 2.45) is 0 Å². The Morgan fingerprint density at radius 1 is 1.00 bits per heavy atom. The molecule has 2 aromatic rings. The molecule has 2 aliphatic heterocycles. The maximum absolute atomic E-state index is 13.3. The highest BCUT2D eigenvalue weighted by atomic mass is 19.1. The lowest BCUT2D eigenvalue weighted by Gasteiger charge is -2.28. The predicted octanol–water partition coefficient (Wildman–Crippen LogP) is 3.90. The Balaban J connectivity index is 1.48. The number of hydrogen-bond acceptors (Lipinski definition) is 4. The highest BCUT2D eigenvalue weighted by Gasteiger charge is 2.23. The van der Waals surface area contributed by atoms with Crippen LogP contribution in [0, 0.1) is 5.82 Å². The fraction of sp³-hybridized carbons (Fsp3) is 0.571. The first-order valence-corrected chi connectivity index (χ1v) is 10.0. The molecular weight excluding hydrogens is 345 g/mol. The van der Waals surface area contributed by atoms with E-state index in [1.807, 2.05) is 23.0 Å². The van der Waals surface area contributed by atoms with Crippen LogP contribution in [0.4, 0.5) is 4.39 Å². The molecular formula is C21H28FN3O2. The van der Waals surface area contributed by atoms with Crippen molar-refractivity contribution in [2.45, 2.75) is 57.5 Å². The van der Waals surface area contributed by atoms with Crippen molar-refractivity contribution in [3.8, 4) is 0 Å². The Hall–Kier alpha value is -1.76. The molecule has 0 radical (unpaired) electrons. The number of ether oxygens (including phenoxy) is 2. The van der Waals surface area contributed by atoms with Crippen LogP contribution in [0.2, 0.25) is 0 Å². The van der Waals surface area contributed by atoms with Gasteiger partial charge in [0.05, 0.1) is 11.8 Å². The average molecular weight is 373 g/mol. The van der Waals surface area contributed by atoms with Gasteiger partial charge in [0.2, 0.25) is 0 Å². The molecule has 2 unspecified atom stereocenters. The molecule has 3 heterocycles. The normalized spacial score (nSPS) is 23.2. The number of aromatic nitrogens is 2. The van der Waals surface area contributed by atoms with Crippen molar-refractivity contribution in [1.29, 1.82) is 0 Å². The van der Waals surface area contributed by atoms with Crippen LogP contribution < -0.4 is 0 Å². The lowest BCUT2D eigenvalue weighted by molar-refractivity contribution is -0.0424. The van der Waals surface area contributed by atoms with Crippen LogP contribution in [0.25, 0.3) is 0 Å². The van der Waals surface area contributed by atoms with Gasteiger partial charge in [-0.15, -0.1) is 0 Å². The zero-order valence-electron chi connectivity index (χ0n) is 15.7. The molecule has 0 aliphatic carbocycles. The molecule has 2 atom stereocenters. The third-order valence-corrected chi connectivity index (χ3v) is 5.37. The fourth-order valence-electron chi connectivity index (χ4n) is 3.98. The van der Waals surface area contributed by atoms with Gasteiger partial charge >= 0.3 is 0 Å². The molecule has 0 N–H and O–H groups in total. The summed E-state index contributed by atoms with van der Waals surface area (Å²) in [6.07, 6.45) is 7.72. The van der Waals surface area contributed by atoms with E-state index in [4.69, 9.17) is 9.47 Å². The third kappa shape index (κ3) is 4.94. The Morgan fingerprint density at radius 2 is 1.85 bits per heavy atom. The molecule has 2 aliphatic rings. The molecule has 27 heavy (non-hydrogen) atoms. The van der Waals surface area contributed by atoms with Gasteiger partial charge in [0.25, 0.3) is 0 Å². The number of hydrogen-bond donors (Lipinski definition) is 0. The van der Waals surface area contributed by atoms with E-state index in [0.29, 0.717) is 0 Å². The highest BCUT2D eigenvalue weighted by Crippen LogP contribution is 2.24. The van der Waals surface area contributed by atoms with E-state index in [-0.39, 0.29) is 18.1 Å². The lowest BCUT2D eigenvalue weighted by Crippen LogP contribution is -2.33. The molecule has 1 aromatic carbocycles. The maximum atomic E-state index is 13.3. The van der Waals surface area contributed by atoms with Crippen LogP contribution >= 0.6 is 0 Å². The van der Waals surface area contributed by atoms with Crippen LogP contribution in [0.5, 0.6) is 0 Å². The second-order valence-corrected chi connectivity index (χ2v) is 7.52. The van der Waals surface area contributed by atoms with Gasteiger partial charge in [0.1, 0.15) is 5.82 Å². The first-order valence-electron chi connectivity index (χ1n) is 10.0. The van der Waals surface area contributed by atoms with E-state index >= 15 is 0 Å². The van der Waals surface area contributed by atoms with Gasteiger partial charge in [-0.05, 0) is 55.9 Å². The van der Waals surface area contributed by atoms with Gasteiger partial charge in [0.15, 0.2) is 6.23 Å². The van der Waals surface area contributed by atoms with Crippen LogP contribution in [-0.4, -0.2) is 40.5 Å². The predicted molar refractivity (Wildman–Crippen MR) is 101 cm³/mol. The summed E-state index contributed by atoms with van der Waals surface area (Å²) in [7, 11) is 0. The molecule has 4 rings (SSSR count). The second-order valence-electron chi connectivity index (χ2n) is 7.52. The molecule has 2 saturated heterocycles. The van der Waals surface area contributed by atoms with Gasteiger partial charge < -0.3 is 9.47 Å². The highest BCUT2D eigenvalue weighted by molar-refractivity contribution is 5.16. The van der Waals surface area contributed by atoms with Crippen molar-refractivity contribution in [3.05, 3.63) is 53.6 Å². The molecule has 2 fully saturated rings. The van der Waals surface area contributed by atoms with Gasteiger partial charge in [-0.2, -0.15) is 5.10 Å². The first kappa shape index (κ1) is 18.6. The standard InChI is InChI=1S/C21H28FN3O2/c22-18-8-6-17(7-9-18)14-24(16-20-4-3-13-26-20)15-19-10-11-23-25(19)21-5-1-2-12-27-21/h6-11,20-21H,1-5,12-16H2. The molecule has 1 aromatic heterocycles. The van der Waals surface area contributed by atoms with E-state index in [2.05, 4.69) is 16.1 Å². The molecule has 0 saturated carbocycles. The van der Waals surface area contributed by atoms with Gasteiger partial charge in [-0.25, -0.2) is 9.07 Å². The van der Waals surface area contributed by atoms with E-state index < -0.39 is 0 Å². The van der Waals surface area contributed by atoms with Gasteiger partial charge in [-0.1, -0.05) is 12.1 Å². The number of nitrogens with zero attached hydrogens (tertiary/aromatic N) is 3. The topological polar surface area (TPSA) is 39.5 Å². The Bertz CT molecular complexity index is 706.